The van der Waals surface area contributed by atoms with E-state index in [1.807, 2.05) is 6.07 Å². The molecule has 0 radical (unpaired) electrons. The number of nitrogens with zero attached hydrogens (tertiary/aromatic N) is 2. The molecule has 3 aromatic rings. The molecule has 34 heavy (non-hydrogen) atoms. The molecule has 0 aromatic heterocycles. The Hall–Kier alpha value is -3.83. The molecule has 0 saturated heterocycles. The first-order valence-corrected chi connectivity index (χ1v) is 10.6. The predicted octanol–water partition coefficient (Wildman–Crippen LogP) is 5.61. The lowest BCUT2D eigenvalue weighted by Gasteiger charge is -2.32. The zero-order valence-electron chi connectivity index (χ0n) is 18.2. The summed E-state index contributed by atoms with van der Waals surface area (Å²) >= 11 is 6.35. The zero-order chi connectivity index (χ0) is 24.6. The monoisotopic (exact) mass is 484 g/mol. The molecule has 0 bridgehead atoms. The van der Waals surface area contributed by atoms with Crippen LogP contribution in [-0.2, 0) is 12.0 Å². The standard InChI is InChI=1S/C25H19ClF2N2O4/c1-30(24(31)32)13-25(15-6-4-3-5-7-15)11-16-19(34-25)10-17(27)22(26)21(16)20-14(12-29)8-9-18(33-2)23(20)28/h3-10H,11,13H2,1-2H3,(H,31,32)/t25-/m1/s1. The molecule has 9 heteroatoms. The molecule has 1 aliphatic heterocycles. The minimum absolute atomic E-state index is 0.0274. The van der Waals surface area contributed by atoms with Crippen molar-refractivity contribution in [1.82, 2.24) is 4.90 Å². The van der Waals surface area contributed by atoms with Crippen molar-refractivity contribution >= 4 is 17.7 Å². The van der Waals surface area contributed by atoms with Gasteiger partial charge in [0.1, 0.15) is 11.6 Å². The van der Waals surface area contributed by atoms with Crippen LogP contribution in [-0.4, -0.2) is 36.8 Å². The lowest BCUT2D eigenvalue weighted by molar-refractivity contribution is 0.0518. The number of ether oxygens (including phenoxy) is 2. The van der Waals surface area contributed by atoms with Crippen LogP contribution in [0.15, 0.2) is 48.5 Å². The van der Waals surface area contributed by atoms with Gasteiger partial charge in [0, 0.05) is 36.2 Å². The van der Waals surface area contributed by atoms with E-state index in [4.69, 9.17) is 21.1 Å². The number of methoxy groups -OCH3 is 1. The average Bonchev–Trinajstić information content (AvgIpc) is 3.19. The van der Waals surface area contributed by atoms with Gasteiger partial charge in [-0.2, -0.15) is 5.26 Å². The number of hydrogen-bond donors (Lipinski definition) is 1. The highest BCUT2D eigenvalue weighted by atomic mass is 35.5. The summed E-state index contributed by atoms with van der Waals surface area (Å²) < 4.78 is 41.7. The summed E-state index contributed by atoms with van der Waals surface area (Å²) in [6.07, 6.45) is -1.12. The number of rotatable bonds is 5. The Morgan fingerprint density at radius 2 is 1.97 bits per heavy atom. The van der Waals surface area contributed by atoms with Crippen LogP contribution in [0.4, 0.5) is 13.6 Å². The Kier molecular flexibility index (Phi) is 6.07. The van der Waals surface area contributed by atoms with Crippen molar-refractivity contribution in [2.24, 2.45) is 0 Å². The minimum Gasteiger partial charge on any atom is -0.494 e. The van der Waals surface area contributed by atoms with Gasteiger partial charge in [-0.05, 0) is 17.7 Å². The number of amides is 1. The van der Waals surface area contributed by atoms with Gasteiger partial charge < -0.3 is 19.5 Å². The number of likely N-dealkylation sites (N-methyl/N-ethyl adjacent to an activating group) is 1. The quantitative estimate of drug-likeness (QED) is 0.509. The fraction of sp³-hybridized carbons (Fsp3) is 0.200. The third-order valence-corrected chi connectivity index (χ3v) is 6.24. The lowest BCUT2D eigenvalue weighted by Crippen LogP contribution is -2.44. The first-order valence-electron chi connectivity index (χ1n) is 10.2. The summed E-state index contributed by atoms with van der Waals surface area (Å²) in [6.45, 7) is -0.0919. The van der Waals surface area contributed by atoms with Gasteiger partial charge in [-0.3, -0.25) is 0 Å². The van der Waals surface area contributed by atoms with Gasteiger partial charge in [-0.25, -0.2) is 13.6 Å². The van der Waals surface area contributed by atoms with E-state index in [0.717, 1.165) is 11.0 Å². The first kappa shape index (κ1) is 23.3. The molecule has 174 valence electrons. The molecule has 1 atom stereocenters. The molecule has 1 amide bonds. The maximum atomic E-state index is 15.4. The van der Waals surface area contributed by atoms with Crippen molar-refractivity contribution in [2.45, 2.75) is 12.0 Å². The topological polar surface area (TPSA) is 82.8 Å². The highest BCUT2D eigenvalue weighted by Gasteiger charge is 2.45. The average molecular weight is 485 g/mol. The van der Waals surface area contributed by atoms with Crippen molar-refractivity contribution in [1.29, 1.82) is 5.26 Å². The van der Waals surface area contributed by atoms with Crippen LogP contribution in [0.2, 0.25) is 5.02 Å². The molecular formula is C25H19ClF2N2O4. The van der Waals surface area contributed by atoms with Crippen molar-refractivity contribution < 1.29 is 28.2 Å². The van der Waals surface area contributed by atoms with E-state index in [1.165, 1.54) is 26.3 Å². The first-order chi connectivity index (χ1) is 16.2. The van der Waals surface area contributed by atoms with E-state index in [0.29, 0.717) is 11.1 Å². The molecule has 1 aliphatic rings. The van der Waals surface area contributed by atoms with E-state index < -0.39 is 23.3 Å². The van der Waals surface area contributed by atoms with E-state index in [1.54, 1.807) is 30.3 Å². The van der Waals surface area contributed by atoms with E-state index in [9.17, 15) is 19.6 Å². The molecule has 3 aromatic carbocycles. The Morgan fingerprint density at radius 3 is 2.59 bits per heavy atom. The predicted molar refractivity (Wildman–Crippen MR) is 121 cm³/mol. The van der Waals surface area contributed by atoms with E-state index in [-0.39, 0.29) is 46.2 Å². The molecule has 0 fully saturated rings. The second-order valence-corrected chi connectivity index (χ2v) is 8.30. The summed E-state index contributed by atoms with van der Waals surface area (Å²) in [6, 6.07) is 14.6. The second-order valence-electron chi connectivity index (χ2n) is 7.92. The van der Waals surface area contributed by atoms with Crippen LogP contribution in [0.3, 0.4) is 0 Å². The Labute approximate surface area is 199 Å². The maximum absolute atomic E-state index is 15.4. The lowest BCUT2D eigenvalue weighted by atomic mass is 9.85. The van der Waals surface area contributed by atoms with Crippen molar-refractivity contribution in [3.63, 3.8) is 0 Å². The van der Waals surface area contributed by atoms with Crippen molar-refractivity contribution in [3.05, 3.63) is 81.9 Å². The largest absolute Gasteiger partial charge is 0.494 e. The van der Waals surface area contributed by atoms with Crippen molar-refractivity contribution in [3.8, 4) is 28.7 Å². The number of carbonyl (C=O) groups is 1. The normalized spacial score (nSPS) is 16.4. The van der Waals surface area contributed by atoms with Crippen molar-refractivity contribution in [2.75, 3.05) is 20.7 Å². The third kappa shape index (κ3) is 3.78. The summed E-state index contributed by atoms with van der Waals surface area (Å²) in [5.41, 5.74) is -0.522. The summed E-state index contributed by atoms with van der Waals surface area (Å²) in [5, 5.41) is 18.8. The number of nitriles is 1. The maximum Gasteiger partial charge on any atom is 0.407 e. The number of hydrogen-bond acceptors (Lipinski definition) is 4. The molecule has 0 saturated carbocycles. The summed E-state index contributed by atoms with van der Waals surface area (Å²) in [5.74, 6) is -1.78. The molecule has 0 aliphatic carbocycles. The van der Waals surface area contributed by atoms with Gasteiger partial charge in [-0.15, -0.1) is 0 Å². The molecule has 1 heterocycles. The highest BCUT2D eigenvalue weighted by Crippen LogP contribution is 2.50. The van der Waals surface area contributed by atoms with E-state index >= 15 is 4.39 Å². The Morgan fingerprint density at radius 1 is 1.26 bits per heavy atom. The molecule has 0 unspecified atom stereocenters. The van der Waals surface area contributed by atoms with Gasteiger partial charge in [0.25, 0.3) is 0 Å². The van der Waals surface area contributed by atoms with Gasteiger partial charge >= 0.3 is 6.09 Å². The van der Waals surface area contributed by atoms with Crippen LogP contribution in [0, 0.1) is 23.0 Å². The molecule has 1 N–H and O–H groups in total. The van der Waals surface area contributed by atoms with Crippen LogP contribution in [0.1, 0.15) is 16.7 Å². The summed E-state index contributed by atoms with van der Waals surface area (Å²) in [4.78, 5) is 12.7. The Balaban J connectivity index is 1.98. The number of benzene rings is 3. The van der Waals surface area contributed by atoms with Gasteiger partial charge in [0.05, 0.1) is 30.3 Å². The van der Waals surface area contributed by atoms with Crippen LogP contribution in [0.25, 0.3) is 11.1 Å². The molecule has 6 nitrogen and oxygen atoms in total. The Bertz CT molecular complexity index is 1330. The minimum atomic E-state index is -1.23. The smallest absolute Gasteiger partial charge is 0.407 e. The SMILES string of the molecule is COc1ccc(C#N)c(-c2c(Cl)c(F)cc3c2C[C@@](CN(C)C(=O)O)(c2ccccc2)O3)c1F. The molecule has 0 spiro atoms. The molecule has 4 rings (SSSR count). The van der Waals surface area contributed by atoms with E-state index in [2.05, 4.69) is 0 Å². The fourth-order valence-corrected chi connectivity index (χ4v) is 4.55. The third-order valence-electron chi connectivity index (χ3n) is 5.87. The summed E-state index contributed by atoms with van der Waals surface area (Å²) in [7, 11) is 2.67. The van der Waals surface area contributed by atoms with Crippen LogP contribution < -0.4 is 9.47 Å². The van der Waals surface area contributed by atoms with Crippen LogP contribution in [0.5, 0.6) is 11.5 Å². The highest BCUT2D eigenvalue weighted by molar-refractivity contribution is 6.34. The molecular weight excluding hydrogens is 466 g/mol. The van der Waals surface area contributed by atoms with Crippen LogP contribution >= 0.6 is 11.6 Å². The van der Waals surface area contributed by atoms with Gasteiger partial charge in [0.15, 0.2) is 17.2 Å². The zero-order valence-corrected chi connectivity index (χ0v) is 19.0. The van der Waals surface area contributed by atoms with Gasteiger partial charge in [-0.1, -0.05) is 41.9 Å². The van der Waals surface area contributed by atoms with Gasteiger partial charge in [0.2, 0.25) is 0 Å². The number of carboxylic acid groups (broad SMARTS) is 1. The fourth-order valence-electron chi connectivity index (χ4n) is 4.29. The second kappa shape index (κ2) is 8.84. The number of halogens is 3. The number of fused-ring (bicyclic) bond motifs is 1.